The van der Waals surface area contributed by atoms with Gasteiger partial charge in [-0.2, -0.15) is 0 Å². The van der Waals surface area contributed by atoms with Gasteiger partial charge in [-0.3, -0.25) is 4.79 Å². The molecular weight excluding hydrogens is 128 g/mol. The molecule has 0 unspecified atom stereocenters. The summed E-state index contributed by atoms with van der Waals surface area (Å²) in [5.74, 6) is -0.0742. The molecule has 2 nitrogen and oxygen atoms in total. The molecule has 1 atom stereocenters. The molecule has 2 heteroatoms. The van der Waals surface area contributed by atoms with Crippen LogP contribution in [-0.4, -0.2) is 17.0 Å². The standard InChI is InChI=1S/C8H12O2/c1-3-5-8(10)6-7(9)4-2/h3-5,7,9H,2,6H2,1H3/b5-3+/t7-/m0/s1. The maximum absolute atomic E-state index is 10.7. The molecule has 0 saturated carbocycles. The first-order valence-electron chi connectivity index (χ1n) is 3.17. The fraction of sp³-hybridized carbons (Fsp3) is 0.375. The summed E-state index contributed by atoms with van der Waals surface area (Å²) >= 11 is 0. The van der Waals surface area contributed by atoms with E-state index in [0.29, 0.717) is 0 Å². The van der Waals surface area contributed by atoms with Crippen LogP contribution >= 0.6 is 0 Å². The summed E-state index contributed by atoms with van der Waals surface area (Å²) in [6.07, 6.45) is 3.86. The highest BCUT2D eigenvalue weighted by Crippen LogP contribution is 1.94. The van der Waals surface area contributed by atoms with Crippen LogP contribution in [0.3, 0.4) is 0 Å². The maximum atomic E-state index is 10.7. The molecular formula is C8H12O2. The maximum Gasteiger partial charge on any atom is 0.158 e. The van der Waals surface area contributed by atoms with Gasteiger partial charge in [0.15, 0.2) is 5.78 Å². The van der Waals surface area contributed by atoms with Crippen molar-refractivity contribution in [1.82, 2.24) is 0 Å². The second kappa shape index (κ2) is 4.94. The van der Waals surface area contributed by atoms with E-state index in [1.54, 1.807) is 13.0 Å². The van der Waals surface area contributed by atoms with E-state index in [9.17, 15) is 4.79 Å². The molecule has 1 N–H and O–H groups in total. The average molecular weight is 140 g/mol. The minimum Gasteiger partial charge on any atom is -0.389 e. The van der Waals surface area contributed by atoms with Gasteiger partial charge in [-0.25, -0.2) is 0 Å². The Balaban J connectivity index is 3.67. The molecule has 0 rings (SSSR count). The molecule has 56 valence electrons. The van der Waals surface area contributed by atoms with Crippen molar-refractivity contribution in [3.63, 3.8) is 0 Å². The zero-order valence-electron chi connectivity index (χ0n) is 6.08. The number of ketones is 1. The molecule has 0 aromatic rings. The van der Waals surface area contributed by atoms with Crippen LogP contribution in [0.1, 0.15) is 13.3 Å². The highest BCUT2D eigenvalue weighted by molar-refractivity contribution is 5.89. The Hall–Kier alpha value is -0.890. The van der Waals surface area contributed by atoms with Crippen LogP contribution in [0.15, 0.2) is 24.8 Å². The van der Waals surface area contributed by atoms with E-state index >= 15 is 0 Å². The van der Waals surface area contributed by atoms with Gasteiger partial charge in [-0.15, -0.1) is 6.58 Å². The van der Waals surface area contributed by atoms with E-state index in [1.165, 1.54) is 12.2 Å². The molecule has 0 amide bonds. The normalized spacial score (nSPS) is 13.4. The van der Waals surface area contributed by atoms with Crippen molar-refractivity contribution in [2.24, 2.45) is 0 Å². The minimum atomic E-state index is -0.705. The SMILES string of the molecule is C=C[C@H](O)CC(=O)/C=C/C. The minimum absolute atomic E-state index is 0.0742. The molecule has 0 bridgehead atoms. The van der Waals surface area contributed by atoms with Crippen molar-refractivity contribution in [2.45, 2.75) is 19.4 Å². The summed E-state index contributed by atoms with van der Waals surface area (Å²) in [5.41, 5.74) is 0. The highest BCUT2D eigenvalue weighted by Gasteiger charge is 2.02. The lowest BCUT2D eigenvalue weighted by Gasteiger charge is -1.98. The van der Waals surface area contributed by atoms with E-state index in [-0.39, 0.29) is 12.2 Å². The Morgan fingerprint density at radius 3 is 2.80 bits per heavy atom. The van der Waals surface area contributed by atoms with E-state index in [1.807, 2.05) is 0 Å². The first-order chi connectivity index (χ1) is 4.70. The topological polar surface area (TPSA) is 37.3 Å². The summed E-state index contributed by atoms with van der Waals surface area (Å²) in [4.78, 5) is 10.7. The molecule has 0 saturated heterocycles. The Morgan fingerprint density at radius 2 is 2.40 bits per heavy atom. The molecule has 0 heterocycles. The summed E-state index contributed by atoms with van der Waals surface area (Å²) in [6.45, 7) is 5.11. The highest BCUT2D eigenvalue weighted by atomic mass is 16.3. The van der Waals surface area contributed by atoms with Crippen molar-refractivity contribution in [3.05, 3.63) is 24.8 Å². The molecule has 0 aromatic heterocycles. The van der Waals surface area contributed by atoms with Crippen molar-refractivity contribution in [1.29, 1.82) is 0 Å². The summed E-state index contributed by atoms with van der Waals surface area (Å²) in [6, 6.07) is 0. The van der Waals surface area contributed by atoms with Gasteiger partial charge in [-0.05, 0) is 13.0 Å². The molecule has 0 aromatic carbocycles. The van der Waals surface area contributed by atoms with Gasteiger partial charge in [0.2, 0.25) is 0 Å². The van der Waals surface area contributed by atoms with Crippen LogP contribution in [0.5, 0.6) is 0 Å². The summed E-state index contributed by atoms with van der Waals surface area (Å²) in [7, 11) is 0. The average Bonchev–Trinajstić information content (AvgIpc) is 1.88. The number of hydrogen-bond acceptors (Lipinski definition) is 2. The van der Waals surface area contributed by atoms with E-state index < -0.39 is 6.10 Å². The van der Waals surface area contributed by atoms with Crippen molar-refractivity contribution < 1.29 is 9.90 Å². The van der Waals surface area contributed by atoms with E-state index in [4.69, 9.17) is 5.11 Å². The number of allylic oxidation sites excluding steroid dienone is 2. The first kappa shape index (κ1) is 9.11. The Morgan fingerprint density at radius 1 is 1.80 bits per heavy atom. The fourth-order valence-corrected chi connectivity index (χ4v) is 0.543. The number of aliphatic hydroxyl groups is 1. The monoisotopic (exact) mass is 140 g/mol. The largest absolute Gasteiger partial charge is 0.389 e. The van der Waals surface area contributed by atoms with Crippen LogP contribution in [0, 0.1) is 0 Å². The van der Waals surface area contributed by atoms with Crippen molar-refractivity contribution >= 4 is 5.78 Å². The van der Waals surface area contributed by atoms with E-state index in [0.717, 1.165) is 0 Å². The Labute approximate surface area is 60.9 Å². The lowest BCUT2D eigenvalue weighted by molar-refractivity contribution is -0.115. The lowest BCUT2D eigenvalue weighted by atomic mass is 10.2. The molecule has 0 fully saturated rings. The van der Waals surface area contributed by atoms with Crippen LogP contribution in [0.25, 0.3) is 0 Å². The van der Waals surface area contributed by atoms with Gasteiger partial charge in [0.25, 0.3) is 0 Å². The van der Waals surface area contributed by atoms with Gasteiger partial charge in [0.05, 0.1) is 6.10 Å². The fourth-order valence-electron chi connectivity index (χ4n) is 0.543. The number of carbonyl (C=O) groups excluding carboxylic acids is 1. The molecule has 0 aliphatic heterocycles. The second-order valence-corrected chi connectivity index (χ2v) is 1.97. The predicted molar refractivity (Wildman–Crippen MR) is 40.6 cm³/mol. The van der Waals surface area contributed by atoms with Crippen molar-refractivity contribution in [3.8, 4) is 0 Å². The number of aliphatic hydroxyl groups excluding tert-OH is 1. The third-order valence-electron chi connectivity index (χ3n) is 1.03. The van der Waals surface area contributed by atoms with Gasteiger partial charge >= 0.3 is 0 Å². The Kier molecular flexibility index (Phi) is 4.50. The van der Waals surface area contributed by atoms with Gasteiger partial charge in [0, 0.05) is 6.42 Å². The third kappa shape index (κ3) is 4.04. The number of rotatable bonds is 4. The van der Waals surface area contributed by atoms with Gasteiger partial charge < -0.3 is 5.11 Å². The quantitative estimate of drug-likeness (QED) is 0.468. The smallest absolute Gasteiger partial charge is 0.158 e. The Bertz CT molecular complexity index is 147. The molecule has 0 radical (unpaired) electrons. The lowest BCUT2D eigenvalue weighted by Crippen LogP contribution is -2.07. The van der Waals surface area contributed by atoms with Gasteiger partial charge in [-0.1, -0.05) is 12.2 Å². The molecule has 0 aliphatic rings. The third-order valence-corrected chi connectivity index (χ3v) is 1.03. The number of carbonyl (C=O) groups is 1. The van der Waals surface area contributed by atoms with E-state index in [2.05, 4.69) is 6.58 Å². The zero-order chi connectivity index (χ0) is 7.98. The molecule has 0 spiro atoms. The predicted octanol–water partition coefficient (Wildman–Crippen LogP) is 1.07. The first-order valence-corrected chi connectivity index (χ1v) is 3.17. The van der Waals surface area contributed by atoms with Crippen LogP contribution in [0.2, 0.25) is 0 Å². The summed E-state index contributed by atoms with van der Waals surface area (Å²) in [5, 5.41) is 8.88. The zero-order valence-corrected chi connectivity index (χ0v) is 6.08. The van der Waals surface area contributed by atoms with Crippen molar-refractivity contribution in [2.75, 3.05) is 0 Å². The van der Waals surface area contributed by atoms with Crippen LogP contribution in [-0.2, 0) is 4.79 Å². The van der Waals surface area contributed by atoms with Gasteiger partial charge in [0.1, 0.15) is 0 Å². The summed E-state index contributed by atoms with van der Waals surface area (Å²) < 4.78 is 0. The number of hydrogen-bond donors (Lipinski definition) is 1. The molecule has 10 heavy (non-hydrogen) atoms. The van der Waals surface area contributed by atoms with Crippen LogP contribution < -0.4 is 0 Å². The molecule has 0 aliphatic carbocycles. The second-order valence-electron chi connectivity index (χ2n) is 1.97. The van der Waals surface area contributed by atoms with Crippen LogP contribution in [0.4, 0.5) is 0 Å².